The molecule has 0 aliphatic rings. The van der Waals surface area contributed by atoms with Gasteiger partial charge in [-0.1, -0.05) is 33.8 Å². The average molecular weight is 356 g/mol. The van der Waals surface area contributed by atoms with Gasteiger partial charge in [0.15, 0.2) is 11.0 Å². The van der Waals surface area contributed by atoms with Crippen LogP contribution in [0.25, 0.3) is 11.4 Å². The summed E-state index contributed by atoms with van der Waals surface area (Å²) in [6, 6.07) is 5.99. The summed E-state index contributed by atoms with van der Waals surface area (Å²) in [5, 5.41) is 17.7. The highest BCUT2D eigenvalue weighted by Crippen LogP contribution is 2.28. The van der Waals surface area contributed by atoms with E-state index in [9.17, 15) is 4.79 Å². The summed E-state index contributed by atoms with van der Waals surface area (Å²) >= 11 is 4.64. The van der Waals surface area contributed by atoms with Crippen molar-refractivity contribution < 1.29 is 9.90 Å². The summed E-state index contributed by atoms with van der Waals surface area (Å²) in [6.45, 7) is 4.70. The zero-order valence-corrected chi connectivity index (χ0v) is 13.5. The minimum Gasteiger partial charge on any atom is -0.481 e. The standard InChI is InChI=1S/C13H14BrN3O2S/c1-3-17-12(10-6-9(14)5-4-8(10)2)15-16-13(17)20-7-11(18)19/h4-6H,3,7H2,1-2H3,(H,18,19). The zero-order valence-electron chi connectivity index (χ0n) is 11.1. The normalized spacial score (nSPS) is 10.8. The first-order chi connectivity index (χ1) is 9.52. The maximum absolute atomic E-state index is 10.7. The van der Waals surface area contributed by atoms with Crippen molar-refractivity contribution in [3.05, 3.63) is 28.2 Å². The largest absolute Gasteiger partial charge is 0.481 e. The van der Waals surface area contributed by atoms with Gasteiger partial charge in [-0.15, -0.1) is 10.2 Å². The number of carbonyl (C=O) groups is 1. The first-order valence-corrected chi connectivity index (χ1v) is 7.85. The van der Waals surface area contributed by atoms with Crippen LogP contribution in [0, 0.1) is 6.92 Å². The fourth-order valence-electron chi connectivity index (χ4n) is 1.84. The van der Waals surface area contributed by atoms with Gasteiger partial charge in [0.1, 0.15) is 0 Å². The van der Waals surface area contributed by atoms with Crippen LogP contribution >= 0.6 is 27.7 Å². The molecular weight excluding hydrogens is 342 g/mol. The third-order valence-electron chi connectivity index (χ3n) is 2.80. The van der Waals surface area contributed by atoms with Gasteiger partial charge in [-0.2, -0.15) is 0 Å². The van der Waals surface area contributed by atoms with E-state index in [2.05, 4.69) is 26.1 Å². The van der Waals surface area contributed by atoms with Crippen molar-refractivity contribution in [3.63, 3.8) is 0 Å². The number of carboxylic acid groups (broad SMARTS) is 1. The molecule has 0 aliphatic carbocycles. The van der Waals surface area contributed by atoms with E-state index < -0.39 is 5.97 Å². The van der Waals surface area contributed by atoms with Gasteiger partial charge in [-0.3, -0.25) is 4.79 Å². The predicted octanol–water partition coefficient (Wildman–Crippen LogP) is 3.21. The number of aromatic nitrogens is 3. The fraction of sp³-hybridized carbons (Fsp3) is 0.308. The molecule has 0 bridgehead atoms. The molecule has 0 atom stereocenters. The van der Waals surface area contributed by atoms with E-state index in [0.717, 1.165) is 21.4 Å². The van der Waals surface area contributed by atoms with Crippen LogP contribution in [0.1, 0.15) is 12.5 Å². The highest BCUT2D eigenvalue weighted by Gasteiger charge is 2.15. The van der Waals surface area contributed by atoms with Crippen LogP contribution in [0.5, 0.6) is 0 Å². The van der Waals surface area contributed by atoms with E-state index in [1.807, 2.05) is 36.6 Å². The molecule has 0 amide bonds. The smallest absolute Gasteiger partial charge is 0.313 e. The Bertz CT molecular complexity index is 643. The second kappa shape index (κ2) is 6.41. The number of nitrogens with zero attached hydrogens (tertiary/aromatic N) is 3. The van der Waals surface area contributed by atoms with E-state index in [1.165, 1.54) is 11.8 Å². The Morgan fingerprint density at radius 2 is 2.20 bits per heavy atom. The zero-order chi connectivity index (χ0) is 14.7. The molecule has 1 heterocycles. The van der Waals surface area contributed by atoms with E-state index >= 15 is 0 Å². The predicted molar refractivity (Wildman–Crippen MR) is 81.9 cm³/mol. The molecule has 0 saturated heterocycles. The van der Waals surface area contributed by atoms with Crippen molar-refractivity contribution in [2.45, 2.75) is 25.5 Å². The quantitative estimate of drug-likeness (QED) is 0.834. The maximum atomic E-state index is 10.7. The van der Waals surface area contributed by atoms with Crippen LogP contribution in [0.2, 0.25) is 0 Å². The lowest BCUT2D eigenvalue weighted by molar-refractivity contribution is -0.133. The molecule has 0 radical (unpaired) electrons. The molecule has 2 aromatic rings. The van der Waals surface area contributed by atoms with Crippen molar-refractivity contribution in [2.24, 2.45) is 0 Å². The van der Waals surface area contributed by atoms with Crippen LogP contribution < -0.4 is 0 Å². The number of halogens is 1. The minimum absolute atomic E-state index is 0.0183. The third-order valence-corrected chi connectivity index (χ3v) is 4.24. The monoisotopic (exact) mass is 355 g/mol. The number of aryl methyl sites for hydroxylation is 1. The summed E-state index contributed by atoms with van der Waals surface area (Å²) in [4.78, 5) is 10.7. The third kappa shape index (κ3) is 3.21. The lowest BCUT2D eigenvalue weighted by atomic mass is 10.1. The number of aliphatic carboxylic acids is 1. The van der Waals surface area contributed by atoms with Gasteiger partial charge in [0.05, 0.1) is 5.75 Å². The second-order valence-corrected chi connectivity index (χ2v) is 6.05. The van der Waals surface area contributed by atoms with E-state index in [-0.39, 0.29) is 5.75 Å². The van der Waals surface area contributed by atoms with Gasteiger partial charge in [0.25, 0.3) is 0 Å². The molecule has 106 valence electrons. The number of carboxylic acids is 1. The molecule has 0 unspecified atom stereocenters. The molecule has 2 rings (SSSR count). The Balaban J connectivity index is 2.42. The number of rotatable bonds is 5. The summed E-state index contributed by atoms with van der Waals surface area (Å²) in [5.41, 5.74) is 2.10. The van der Waals surface area contributed by atoms with Gasteiger partial charge in [0.2, 0.25) is 0 Å². The van der Waals surface area contributed by atoms with Crippen LogP contribution in [0.3, 0.4) is 0 Å². The van der Waals surface area contributed by atoms with Gasteiger partial charge in [0, 0.05) is 16.6 Å². The molecule has 5 nitrogen and oxygen atoms in total. The Kier molecular flexibility index (Phi) is 4.82. The Labute approximate surface area is 129 Å². The van der Waals surface area contributed by atoms with Crippen molar-refractivity contribution in [3.8, 4) is 11.4 Å². The SMILES string of the molecule is CCn1c(SCC(=O)O)nnc1-c1cc(Br)ccc1C. The van der Waals surface area contributed by atoms with Crippen molar-refractivity contribution >= 4 is 33.7 Å². The molecule has 0 aliphatic heterocycles. The molecule has 0 fully saturated rings. The van der Waals surface area contributed by atoms with Crippen LogP contribution in [-0.2, 0) is 11.3 Å². The molecule has 0 spiro atoms. The number of hydrogen-bond acceptors (Lipinski definition) is 4. The molecular formula is C13H14BrN3O2S. The molecule has 7 heteroatoms. The molecule has 1 aromatic carbocycles. The first-order valence-electron chi connectivity index (χ1n) is 6.07. The van der Waals surface area contributed by atoms with Crippen LogP contribution in [0.4, 0.5) is 0 Å². The average Bonchev–Trinajstić information content (AvgIpc) is 2.81. The lowest BCUT2D eigenvalue weighted by Gasteiger charge is -2.09. The summed E-state index contributed by atoms with van der Waals surface area (Å²) in [5.74, 6) is -0.115. The lowest BCUT2D eigenvalue weighted by Crippen LogP contribution is -2.03. The molecule has 20 heavy (non-hydrogen) atoms. The number of thioether (sulfide) groups is 1. The fourth-order valence-corrected chi connectivity index (χ4v) is 2.92. The van der Waals surface area contributed by atoms with E-state index in [4.69, 9.17) is 5.11 Å². The Hall–Kier alpha value is -1.34. The van der Waals surface area contributed by atoms with Gasteiger partial charge < -0.3 is 9.67 Å². The number of benzene rings is 1. The summed E-state index contributed by atoms with van der Waals surface area (Å²) < 4.78 is 2.91. The van der Waals surface area contributed by atoms with Crippen molar-refractivity contribution in [2.75, 3.05) is 5.75 Å². The molecule has 0 saturated carbocycles. The van der Waals surface area contributed by atoms with E-state index in [1.54, 1.807) is 0 Å². The van der Waals surface area contributed by atoms with Crippen molar-refractivity contribution in [1.29, 1.82) is 0 Å². The highest BCUT2D eigenvalue weighted by molar-refractivity contribution is 9.10. The summed E-state index contributed by atoms with van der Waals surface area (Å²) in [7, 11) is 0. The molecule has 1 aromatic heterocycles. The Morgan fingerprint density at radius 1 is 1.45 bits per heavy atom. The van der Waals surface area contributed by atoms with Gasteiger partial charge >= 0.3 is 5.97 Å². The van der Waals surface area contributed by atoms with Gasteiger partial charge in [-0.05, 0) is 31.5 Å². The Morgan fingerprint density at radius 3 is 2.85 bits per heavy atom. The highest BCUT2D eigenvalue weighted by atomic mass is 79.9. The summed E-state index contributed by atoms with van der Waals surface area (Å²) in [6.07, 6.45) is 0. The topological polar surface area (TPSA) is 68.0 Å². The first kappa shape index (κ1) is 15.1. The van der Waals surface area contributed by atoms with Crippen LogP contribution in [0.15, 0.2) is 27.8 Å². The maximum Gasteiger partial charge on any atom is 0.313 e. The minimum atomic E-state index is -0.860. The van der Waals surface area contributed by atoms with Crippen LogP contribution in [-0.4, -0.2) is 31.6 Å². The number of hydrogen-bond donors (Lipinski definition) is 1. The molecule has 1 N–H and O–H groups in total. The second-order valence-electron chi connectivity index (χ2n) is 4.19. The van der Waals surface area contributed by atoms with Gasteiger partial charge in [-0.25, -0.2) is 0 Å². The van der Waals surface area contributed by atoms with Crippen molar-refractivity contribution in [1.82, 2.24) is 14.8 Å². The van der Waals surface area contributed by atoms with E-state index in [0.29, 0.717) is 11.7 Å².